The third-order valence-corrected chi connectivity index (χ3v) is 3.31. The summed E-state index contributed by atoms with van der Waals surface area (Å²) < 4.78 is 13.8. The molecule has 2 N–H and O–H groups in total. The summed E-state index contributed by atoms with van der Waals surface area (Å²) >= 11 is 0. The van der Waals surface area contributed by atoms with Crippen molar-refractivity contribution in [3.8, 4) is 0 Å². The minimum atomic E-state index is -0.635. The van der Waals surface area contributed by atoms with Gasteiger partial charge in [0.1, 0.15) is 0 Å². The Hall–Kier alpha value is -2.89. The Morgan fingerprint density at radius 1 is 1.24 bits per heavy atom. The fourth-order valence-electron chi connectivity index (χ4n) is 2.23. The molecule has 6 heteroatoms. The third-order valence-electron chi connectivity index (χ3n) is 3.31. The van der Waals surface area contributed by atoms with Gasteiger partial charge in [-0.05, 0) is 17.7 Å². The molecule has 21 heavy (non-hydrogen) atoms. The van der Waals surface area contributed by atoms with Crippen LogP contribution in [0.3, 0.4) is 0 Å². The number of aromatic amines is 1. The minimum Gasteiger partial charge on any atom is -0.379 e. The van der Waals surface area contributed by atoms with Crippen LogP contribution in [0.2, 0.25) is 0 Å². The van der Waals surface area contributed by atoms with Crippen LogP contribution in [0.25, 0.3) is 10.9 Å². The normalized spacial score (nSPS) is 10.7. The predicted molar refractivity (Wildman–Crippen MR) is 78.7 cm³/mol. The lowest BCUT2D eigenvalue weighted by Gasteiger charge is -2.06. The zero-order valence-electron chi connectivity index (χ0n) is 11.0. The number of para-hydroxylation sites is 1. The van der Waals surface area contributed by atoms with E-state index in [1.54, 1.807) is 0 Å². The third kappa shape index (κ3) is 2.55. The summed E-state index contributed by atoms with van der Waals surface area (Å²) in [6, 6.07) is 11.4. The fraction of sp³-hybridized carbons (Fsp3) is 0.0667. The molecule has 0 amide bonds. The molecular formula is C15H12FN3O2. The van der Waals surface area contributed by atoms with E-state index in [9.17, 15) is 14.5 Å². The number of rotatable bonds is 4. The number of halogens is 1. The van der Waals surface area contributed by atoms with Gasteiger partial charge in [0.05, 0.1) is 16.7 Å². The van der Waals surface area contributed by atoms with Gasteiger partial charge in [0.15, 0.2) is 5.82 Å². The number of nitrogens with one attached hydrogen (secondary N) is 2. The first kappa shape index (κ1) is 13.1. The average molecular weight is 285 g/mol. The molecule has 3 aromatic rings. The van der Waals surface area contributed by atoms with Gasteiger partial charge in [-0.3, -0.25) is 10.1 Å². The van der Waals surface area contributed by atoms with Crippen molar-refractivity contribution in [2.75, 3.05) is 5.32 Å². The minimum absolute atomic E-state index is 0.242. The van der Waals surface area contributed by atoms with Crippen LogP contribution in [0.15, 0.2) is 48.7 Å². The van der Waals surface area contributed by atoms with Crippen LogP contribution in [0.5, 0.6) is 0 Å². The summed E-state index contributed by atoms with van der Waals surface area (Å²) in [7, 11) is 0. The Balaban J connectivity index is 1.80. The van der Waals surface area contributed by atoms with Gasteiger partial charge in [-0.25, -0.2) is 4.39 Å². The maximum absolute atomic E-state index is 13.8. The van der Waals surface area contributed by atoms with Crippen molar-refractivity contribution in [3.63, 3.8) is 0 Å². The Labute approximate surface area is 119 Å². The Kier molecular flexibility index (Phi) is 3.27. The van der Waals surface area contributed by atoms with Gasteiger partial charge in [-0.1, -0.05) is 18.2 Å². The molecule has 5 nitrogen and oxygen atoms in total. The second-order valence-corrected chi connectivity index (χ2v) is 4.63. The van der Waals surface area contributed by atoms with E-state index in [1.807, 2.05) is 30.5 Å². The molecule has 0 bridgehead atoms. The number of anilines is 1. The van der Waals surface area contributed by atoms with E-state index in [1.165, 1.54) is 12.1 Å². The van der Waals surface area contributed by atoms with E-state index < -0.39 is 10.7 Å². The van der Waals surface area contributed by atoms with Gasteiger partial charge in [0.2, 0.25) is 0 Å². The molecule has 0 atom stereocenters. The molecule has 1 aromatic heterocycles. The van der Waals surface area contributed by atoms with Crippen molar-refractivity contribution in [3.05, 3.63) is 70.2 Å². The van der Waals surface area contributed by atoms with E-state index in [-0.39, 0.29) is 11.4 Å². The van der Waals surface area contributed by atoms with Gasteiger partial charge in [0, 0.05) is 29.7 Å². The van der Waals surface area contributed by atoms with Gasteiger partial charge >= 0.3 is 0 Å². The highest BCUT2D eigenvalue weighted by Gasteiger charge is 2.11. The number of non-ortho nitro benzene ring substituents is 1. The van der Waals surface area contributed by atoms with Crippen LogP contribution >= 0.6 is 0 Å². The zero-order valence-corrected chi connectivity index (χ0v) is 11.0. The number of H-pyrrole nitrogens is 1. The number of hydrogen-bond acceptors (Lipinski definition) is 3. The molecule has 0 saturated carbocycles. The number of benzene rings is 2. The second-order valence-electron chi connectivity index (χ2n) is 4.63. The molecule has 1 heterocycles. The van der Waals surface area contributed by atoms with Crippen LogP contribution in [-0.4, -0.2) is 9.91 Å². The van der Waals surface area contributed by atoms with Gasteiger partial charge in [-0.2, -0.15) is 0 Å². The highest BCUT2D eigenvalue weighted by atomic mass is 19.1. The Morgan fingerprint density at radius 2 is 2.05 bits per heavy atom. The summed E-state index contributed by atoms with van der Waals surface area (Å²) in [5, 5.41) is 14.6. The average Bonchev–Trinajstić information content (AvgIpc) is 2.89. The second kappa shape index (κ2) is 5.24. The van der Waals surface area contributed by atoms with Gasteiger partial charge in [0.25, 0.3) is 5.69 Å². The fourth-order valence-corrected chi connectivity index (χ4v) is 2.23. The summed E-state index contributed by atoms with van der Waals surface area (Å²) in [5.74, 6) is -0.635. The summed E-state index contributed by atoms with van der Waals surface area (Å²) in [6.07, 6.45) is 1.86. The van der Waals surface area contributed by atoms with Crippen molar-refractivity contribution < 1.29 is 9.31 Å². The van der Waals surface area contributed by atoms with Crippen molar-refractivity contribution in [2.45, 2.75) is 6.54 Å². The topological polar surface area (TPSA) is 71.0 Å². The first-order chi connectivity index (χ1) is 10.1. The SMILES string of the molecule is O=[N+]([O-])c1ccc(NCc2c[nH]c3ccccc23)c(F)c1. The van der Waals surface area contributed by atoms with E-state index in [2.05, 4.69) is 10.3 Å². The Bertz CT molecular complexity index is 814. The Morgan fingerprint density at radius 3 is 2.81 bits per heavy atom. The maximum Gasteiger partial charge on any atom is 0.272 e. The molecule has 0 fully saturated rings. The van der Waals surface area contributed by atoms with E-state index in [4.69, 9.17) is 0 Å². The molecular weight excluding hydrogens is 273 g/mol. The van der Waals surface area contributed by atoms with E-state index >= 15 is 0 Å². The molecule has 0 aliphatic carbocycles. The number of nitro groups is 1. The number of nitrogens with zero attached hydrogens (tertiary/aromatic N) is 1. The van der Waals surface area contributed by atoms with Crippen molar-refractivity contribution in [2.24, 2.45) is 0 Å². The van der Waals surface area contributed by atoms with Crippen LogP contribution in [0.4, 0.5) is 15.8 Å². The monoisotopic (exact) mass is 285 g/mol. The van der Waals surface area contributed by atoms with Crippen molar-refractivity contribution in [1.29, 1.82) is 0 Å². The predicted octanol–water partition coefficient (Wildman–Crippen LogP) is 3.83. The molecule has 3 rings (SSSR count). The lowest BCUT2D eigenvalue weighted by Crippen LogP contribution is -2.01. The van der Waals surface area contributed by atoms with Crippen molar-refractivity contribution >= 4 is 22.3 Å². The van der Waals surface area contributed by atoms with Crippen LogP contribution < -0.4 is 5.32 Å². The summed E-state index contributed by atoms with van der Waals surface area (Å²) in [4.78, 5) is 13.1. The first-order valence-electron chi connectivity index (χ1n) is 6.38. The number of nitro benzene ring substituents is 1. The maximum atomic E-state index is 13.8. The highest BCUT2D eigenvalue weighted by molar-refractivity contribution is 5.83. The van der Waals surface area contributed by atoms with Crippen LogP contribution in [0, 0.1) is 15.9 Å². The lowest BCUT2D eigenvalue weighted by atomic mass is 10.1. The number of aromatic nitrogens is 1. The largest absolute Gasteiger partial charge is 0.379 e. The molecule has 0 radical (unpaired) electrons. The van der Waals surface area contributed by atoms with Crippen LogP contribution in [0.1, 0.15) is 5.56 Å². The van der Waals surface area contributed by atoms with Crippen LogP contribution in [-0.2, 0) is 6.54 Å². The molecule has 0 aliphatic heterocycles. The van der Waals surface area contributed by atoms with Gasteiger partial charge in [-0.15, -0.1) is 0 Å². The summed E-state index contributed by atoms with van der Waals surface area (Å²) in [6.45, 7) is 0.429. The van der Waals surface area contributed by atoms with Crippen molar-refractivity contribution in [1.82, 2.24) is 4.98 Å². The number of fused-ring (bicyclic) bond motifs is 1. The molecule has 0 saturated heterocycles. The number of hydrogen-bond donors (Lipinski definition) is 2. The standard InChI is InChI=1S/C15H12FN3O2/c16-13-7-11(19(20)21)5-6-15(13)18-9-10-8-17-14-4-2-1-3-12(10)14/h1-8,17-18H,9H2. The summed E-state index contributed by atoms with van der Waals surface area (Å²) in [5.41, 5.74) is 2.00. The highest BCUT2D eigenvalue weighted by Crippen LogP contribution is 2.23. The first-order valence-corrected chi connectivity index (χ1v) is 6.38. The molecule has 0 aliphatic rings. The molecule has 2 aromatic carbocycles. The quantitative estimate of drug-likeness (QED) is 0.565. The van der Waals surface area contributed by atoms with E-state index in [0.717, 1.165) is 22.5 Å². The molecule has 0 unspecified atom stereocenters. The molecule has 0 spiro atoms. The van der Waals surface area contributed by atoms with Gasteiger partial charge < -0.3 is 10.3 Å². The lowest BCUT2D eigenvalue weighted by molar-refractivity contribution is -0.385. The molecule has 106 valence electrons. The van der Waals surface area contributed by atoms with E-state index in [0.29, 0.717) is 6.54 Å². The zero-order chi connectivity index (χ0) is 14.8. The smallest absolute Gasteiger partial charge is 0.272 e.